The van der Waals surface area contributed by atoms with Crippen LogP contribution >= 0.6 is 11.8 Å². The summed E-state index contributed by atoms with van der Waals surface area (Å²) in [5, 5.41) is 23.8. The number of thioether (sulfide) groups is 1. The third kappa shape index (κ3) is 3.92. The van der Waals surface area contributed by atoms with Crippen LogP contribution in [0.3, 0.4) is 0 Å². The molecule has 4 nitrogen and oxygen atoms in total. The molecular formula is C11H18N2O2S. The molecule has 0 saturated carbocycles. The zero-order chi connectivity index (χ0) is 11.8. The minimum Gasteiger partial charge on any atom is -0.395 e. The summed E-state index contributed by atoms with van der Waals surface area (Å²) in [4.78, 5) is 1.14. The van der Waals surface area contributed by atoms with E-state index < -0.39 is 0 Å². The van der Waals surface area contributed by atoms with Gasteiger partial charge in [-0.3, -0.25) is 0 Å². The molecule has 0 heterocycles. The van der Waals surface area contributed by atoms with Crippen LogP contribution in [-0.4, -0.2) is 42.8 Å². The van der Waals surface area contributed by atoms with Crippen LogP contribution in [0.15, 0.2) is 23.1 Å². The van der Waals surface area contributed by atoms with Crippen LogP contribution in [0.1, 0.15) is 0 Å². The maximum atomic E-state index is 8.78. The summed E-state index contributed by atoms with van der Waals surface area (Å²) < 4.78 is 0. The Morgan fingerprint density at radius 1 is 1.12 bits per heavy atom. The van der Waals surface area contributed by atoms with Gasteiger partial charge in [-0.15, -0.1) is 11.8 Å². The Labute approximate surface area is 100 Å². The molecule has 0 atom stereocenters. The highest BCUT2D eigenvalue weighted by Gasteiger charge is 2.02. The molecule has 0 aliphatic heterocycles. The fourth-order valence-electron chi connectivity index (χ4n) is 1.35. The molecule has 0 aliphatic rings. The monoisotopic (exact) mass is 242 g/mol. The number of hydrogen-bond donors (Lipinski definition) is 4. The van der Waals surface area contributed by atoms with Crippen molar-refractivity contribution >= 4 is 23.1 Å². The number of aliphatic hydroxyl groups excluding tert-OH is 2. The van der Waals surface area contributed by atoms with Gasteiger partial charge in [-0.1, -0.05) is 0 Å². The van der Waals surface area contributed by atoms with E-state index in [1.165, 1.54) is 0 Å². The van der Waals surface area contributed by atoms with Crippen molar-refractivity contribution in [2.24, 2.45) is 0 Å². The second-order valence-corrected chi connectivity index (χ2v) is 4.06. The van der Waals surface area contributed by atoms with Crippen molar-refractivity contribution < 1.29 is 10.2 Å². The lowest BCUT2D eigenvalue weighted by molar-refractivity contribution is 0.311. The van der Waals surface area contributed by atoms with Crippen molar-refractivity contribution in [2.75, 3.05) is 43.2 Å². The van der Waals surface area contributed by atoms with Crippen molar-refractivity contribution in [3.8, 4) is 0 Å². The first kappa shape index (κ1) is 13.2. The quantitative estimate of drug-likeness (QED) is 0.541. The molecule has 0 aromatic heterocycles. The van der Waals surface area contributed by atoms with Gasteiger partial charge in [-0.2, -0.15) is 0 Å². The Morgan fingerprint density at radius 2 is 1.81 bits per heavy atom. The molecule has 4 N–H and O–H groups in total. The topological polar surface area (TPSA) is 64.5 Å². The SMILES string of the molecule is CSc1ccc(NCCO)cc1NCCO. The summed E-state index contributed by atoms with van der Waals surface area (Å²) in [5.74, 6) is 0. The zero-order valence-electron chi connectivity index (χ0n) is 9.36. The average molecular weight is 242 g/mol. The predicted octanol–water partition coefficient (Wildman–Crippen LogP) is 1.22. The zero-order valence-corrected chi connectivity index (χ0v) is 10.2. The van der Waals surface area contributed by atoms with E-state index in [0.717, 1.165) is 16.3 Å². The van der Waals surface area contributed by atoms with E-state index in [9.17, 15) is 0 Å². The maximum absolute atomic E-state index is 8.78. The molecular weight excluding hydrogens is 224 g/mol. The molecule has 1 aromatic rings. The van der Waals surface area contributed by atoms with E-state index in [1.807, 2.05) is 24.5 Å². The van der Waals surface area contributed by atoms with Gasteiger partial charge >= 0.3 is 0 Å². The van der Waals surface area contributed by atoms with Crippen molar-refractivity contribution in [3.63, 3.8) is 0 Å². The van der Waals surface area contributed by atoms with E-state index in [1.54, 1.807) is 11.8 Å². The van der Waals surface area contributed by atoms with Gasteiger partial charge in [0.25, 0.3) is 0 Å². The molecule has 0 radical (unpaired) electrons. The fraction of sp³-hybridized carbons (Fsp3) is 0.455. The van der Waals surface area contributed by atoms with Crippen LogP contribution in [0.2, 0.25) is 0 Å². The number of hydrogen-bond acceptors (Lipinski definition) is 5. The van der Waals surface area contributed by atoms with Gasteiger partial charge in [0.2, 0.25) is 0 Å². The third-order valence-corrected chi connectivity index (χ3v) is 2.86. The minimum atomic E-state index is 0.113. The molecule has 0 fully saturated rings. The Kier molecular flexibility index (Phi) is 6.07. The highest BCUT2D eigenvalue weighted by atomic mass is 32.2. The van der Waals surface area contributed by atoms with Crippen LogP contribution in [0.5, 0.6) is 0 Å². The van der Waals surface area contributed by atoms with Gasteiger partial charge < -0.3 is 20.8 Å². The highest BCUT2D eigenvalue weighted by molar-refractivity contribution is 7.98. The smallest absolute Gasteiger partial charge is 0.0604 e. The molecule has 1 rings (SSSR count). The number of nitrogens with one attached hydrogen (secondary N) is 2. The summed E-state index contributed by atoms with van der Waals surface area (Å²) in [6.45, 7) is 1.31. The molecule has 0 saturated heterocycles. The largest absolute Gasteiger partial charge is 0.395 e. The molecule has 5 heteroatoms. The van der Waals surface area contributed by atoms with Gasteiger partial charge in [0.15, 0.2) is 0 Å². The highest BCUT2D eigenvalue weighted by Crippen LogP contribution is 2.28. The van der Waals surface area contributed by atoms with Crippen molar-refractivity contribution in [1.82, 2.24) is 0 Å². The van der Waals surface area contributed by atoms with Crippen LogP contribution in [0.25, 0.3) is 0 Å². The second kappa shape index (κ2) is 7.38. The summed E-state index contributed by atoms with van der Waals surface area (Å²) in [7, 11) is 0. The maximum Gasteiger partial charge on any atom is 0.0604 e. The Morgan fingerprint density at radius 3 is 2.44 bits per heavy atom. The lowest BCUT2D eigenvalue weighted by Gasteiger charge is -2.12. The van der Waals surface area contributed by atoms with Crippen LogP contribution < -0.4 is 10.6 Å². The Bertz CT molecular complexity index is 321. The third-order valence-electron chi connectivity index (χ3n) is 2.07. The Hall–Kier alpha value is -0.910. The molecule has 16 heavy (non-hydrogen) atoms. The van der Waals surface area contributed by atoms with E-state index in [0.29, 0.717) is 13.1 Å². The van der Waals surface area contributed by atoms with Gasteiger partial charge in [0, 0.05) is 29.4 Å². The van der Waals surface area contributed by atoms with Gasteiger partial charge in [-0.05, 0) is 24.5 Å². The number of anilines is 2. The first-order valence-electron chi connectivity index (χ1n) is 5.19. The number of aliphatic hydroxyl groups is 2. The minimum absolute atomic E-state index is 0.113. The standard InChI is InChI=1S/C11H18N2O2S/c1-16-11-3-2-9(12-4-6-14)8-10(11)13-5-7-15/h2-3,8,12-15H,4-7H2,1H3. The lowest BCUT2D eigenvalue weighted by atomic mass is 10.2. The van der Waals surface area contributed by atoms with E-state index in [2.05, 4.69) is 10.6 Å². The van der Waals surface area contributed by atoms with Gasteiger partial charge in [0.1, 0.15) is 0 Å². The summed E-state index contributed by atoms with van der Waals surface area (Å²) in [6.07, 6.45) is 2.01. The van der Waals surface area contributed by atoms with Crippen molar-refractivity contribution in [1.29, 1.82) is 0 Å². The number of benzene rings is 1. The summed E-state index contributed by atoms with van der Waals surface area (Å²) in [6, 6.07) is 5.98. The van der Waals surface area contributed by atoms with Crippen LogP contribution in [0.4, 0.5) is 11.4 Å². The molecule has 0 spiro atoms. The van der Waals surface area contributed by atoms with E-state index in [4.69, 9.17) is 10.2 Å². The fourth-order valence-corrected chi connectivity index (χ4v) is 1.90. The molecule has 0 unspecified atom stereocenters. The summed E-state index contributed by atoms with van der Waals surface area (Å²) >= 11 is 1.66. The first-order chi connectivity index (χ1) is 7.81. The van der Waals surface area contributed by atoms with Gasteiger partial charge in [0.05, 0.1) is 13.2 Å². The summed E-state index contributed by atoms with van der Waals surface area (Å²) in [5.41, 5.74) is 1.97. The predicted molar refractivity (Wildman–Crippen MR) is 69.4 cm³/mol. The molecule has 1 aromatic carbocycles. The first-order valence-corrected chi connectivity index (χ1v) is 6.41. The van der Waals surface area contributed by atoms with Crippen molar-refractivity contribution in [2.45, 2.75) is 4.90 Å². The van der Waals surface area contributed by atoms with E-state index >= 15 is 0 Å². The average Bonchev–Trinajstić information content (AvgIpc) is 2.33. The van der Waals surface area contributed by atoms with Crippen LogP contribution in [0, 0.1) is 0 Å². The number of rotatable bonds is 7. The molecule has 0 bridgehead atoms. The lowest BCUT2D eigenvalue weighted by Crippen LogP contribution is -2.08. The second-order valence-electron chi connectivity index (χ2n) is 3.22. The molecule has 0 amide bonds. The van der Waals surface area contributed by atoms with Gasteiger partial charge in [-0.25, -0.2) is 0 Å². The molecule has 0 aliphatic carbocycles. The Balaban J connectivity index is 2.74. The van der Waals surface area contributed by atoms with Crippen LogP contribution in [-0.2, 0) is 0 Å². The van der Waals surface area contributed by atoms with E-state index in [-0.39, 0.29) is 13.2 Å². The normalized spacial score (nSPS) is 10.2. The molecule has 90 valence electrons. The van der Waals surface area contributed by atoms with Crippen molar-refractivity contribution in [3.05, 3.63) is 18.2 Å².